The van der Waals surface area contributed by atoms with E-state index in [9.17, 15) is 14.4 Å². The molecule has 0 aromatic heterocycles. The van der Waals surface area contributed by atoms with Crippen molar-refractivity contribution in [2.45, 2.75) is 69.7 Å². The van der Waals surface area contributed by atoms with Crippen molar-refractivity contribution in [1.29, 1.82) is 0 Å². The number of nitrogens with zero attached hydrogens (tertiary/aromatic N) is 1. The SMILES string of the molecule is C[C@]1(NCc2ccc3c(c2)C(=O)N(C2CCC(=O)NC2=O)C3)CCC[C@@H]1N. The third-order valence-electron chi connectivity index (χ3n) is 6.32. The van der Waals surface area contributed by atoms with Gasteiger partial charge in [0.1, 0.15) is 6.04 Å². The van der Waals surface area contributed by atoms with E-state index in [1.54, 1.807) is 4.90 Å². The first-order valence-corrected chi connectivity index (χ1v) is 9.64. The molecule has 1 saturated carbocycles. The highest BCUT2D eigenvalue weighted by molar-refractivity contribution is 6.05. The van der Waals surface area contributed by atoms with Crippen molar-refractivity contribution in [2.24, 2.45) is 5.73 Å². The van der Waals surface area contributed by atoms with E-state index < -0.39 is 6.04 Å². The number of hydrogen-bond acceptors (Lipinski definition) is 5. The van der Waals surface area contributed by atoms with Crippen molar-refractivity contribution >= 4 is 17.7 Å². The summed E-state index contributed by atoms with van der Waals surface area (Å²) in [7, 11) is 0. The van der Waals surface area contributed by atoms with E-state index in [0.29, 0.717) is 25.1 Å². The van der Waals surface area contributed by atoms with Crippen LogP contribution in [0.15, 0.2) is 18.2 Å². The number of nitrogens with two attached hydrogens (primary N) is 1. The molecule has 3 aliphatic rings. The van der Waals surface area contributed by atoms with E-state index in [-0.39, 0.29) is 35.7 Å². The largest absolute Gasteiger partial charge is 0.326 e. The van der Waals surface area contributed by atoms with Crippen molar-refractivity contribution in [3.8, 4) is 0 Å². The zero-order chi connectivity index (χ0) is 19.2. The molecule has 1 aromatic carbocycles. The van der Waals surface area contributed by atoms with Crippen LogP contribution >= 0.6 is 0 Å². The molecule has 7 heteroatoms. The van der Waals surface area contributed by atoms with Crippen molar-refractivity contribution < 1.29 is 14.4 Å². The highest BCUT2D eigenvalue weighted by Crippen LogP contribution is 2.30. The Hall–Kier alpha value is -2.25. The van der Waals surface area contributed by atoms with Crippen LogP contribution in [0.5, 0.6) is 0 Å². The highest BCUT2D eigenvalue weighted by atomic mass is 16.2. The molecule has 0 radical (unpaired) electrons. The van der Waals surface area contributed by atoms with Crippen molar-refractivity contribution in [2.75, 3.05) is 0 Å². The second-order valence-corrected chi connectivity index (χ2v) is 8.16. The molecule has 1 aromatic rings. The van der Waals surface area contributed by atoms with Gasteiger partial charge in [0.2, 0.25) is 11.8 Å². The topological polar surface area (TPSA) is 105 Å². The van der Waals surface area contributed by atoms with Crippen LogP contribution in [0.25, 0.3) is 0 Å². The molecular formula is C20H26N4O3. The summed E-state index contributed by atoms with van der Waals surface area (Å²) < 4.78 is 0. The third kappa shape index (κ3) is 3.26. The van der Waals surface area contributed by atoms with E-state index in [0.717, 1.165) is 30.4 Å². The Balaban J connectivity index is 1.47. The van der Waals surface area contributed by atoms with Gasteiger partial charge in [0.15, 0.2) is 0 Å². The molecular weight excluding hydrogens is 344 g/mol. The average Bonchev–Trinajstić information content (AvgIpc) is 3.14. The quantitative estimate of drug-likeness (QED) is 0.680. The minimum atomic E-state index is -0.570. The Morgan fingerprint density at radius 3 is 2.81 bits per heavy atom. The van der Waals surface area contributed by atoms with Gasteiger partial charge >= 0.3 is 0 Å². The first-order chi connectivity index (χ1) is 12.9. The molecule has 2 aliphatic heterocycles. The van der Waals surface area contributed by atoms with Crippen molar-refractivity contribution in [1.82, 2.24) is 15.5 Å². The van der Waals surface area contributed by atoms with Gasteiger partial charge in [0, 0.05) is 36.7 Å². The molecule has 144 valence electrons. The van der Waals surface area contributed by atoms with E-state index in [1.165, 1.54) is 0 Å². The number of amides is 3. The van der Waals surface area contributed by atoms with Gasteiger partial charge in [-0.05, 0) is 49.8 Å². The number of imide groups is 1. The normalized spacial score (nSPS) is 30.6. The van der Waals surface area contributed by atoms with Crippen molar-refractivity contribution in [3.05, 3.63) is 34.9 Å². The summed E-state index contributed by atoms with van der Waals surface area (Å²) in [4.78, 5) is 37.9. The molecule has 1 aliphatic carbocycles. The van der Waals surface area contributed by atoms with Gasteiger partial charge in [-0.2, -0.15) is 0 Å². The smallest absolute Gasteiger partial charge is 0.255 e. The van der Waals surface area contributed by atoms with Crippen LogP contribution in [0.1, 0.15) is 60.5 Å². The summed E-state index contributed by atoms with van der Waals surface area (Å²) >= 11 is 0. The lowest BCUT2D eigenvalue weighted by molar-refractivity contribution is -0.136. The summed E-state index contributed by atoms with van der Waals surface area (Å²) in [6.07, 6.45) is 3.88. The molecule has 0 spiro atoms. The van der Waals surface area contributed by atoms with Crippen LogP contribution in [-0.4, -0.2) is 40.2 Å². The minimum absolute atomic E-state index is 0.0677. The minimum Gasteiger partial charge on any atom is -0.326 e. The van der Waals surface area contributed by atoms with Crippen LogP contribution in [-0.2, 0) is 22.7 Å². The van der Waals surface area contributed by atoms with Crippen LogP contribution in [0.2, 0.25) is 0 Å². The maximum Gasteiger partial charge on any atom is 0.255 e. The van der Waals surface area contributed by atoms with Gasteiger partial charge in [-0.15, -0.1) is 0 Å². The second-order valence-electron chi connectivity index (χ2n) is 8.16. The molecule has 2 fully saturated rings. The Kier molecular flexibility index (Phi) is 4.52. The van der Waals surface area contributed by atoms with Gasteiger partial charge in [0.25, 0.3) is 5.91 Å². The van der Waals surface area contributed by atoms with Gasteiger partial charge < -0.3 is 16.0 Å². The lowest BCUT2D eigenvalue weighted by Gasteiger charge is -2.30. The standard InChI is InChI=1S/C20H26N4O3/c1-20(8-2-3-16(20)21)22-10-12-4-5-13-11-24(19(27)14(13)9-12)15-6-7-17(25)23-18(15)26/h4-5,9,15-16,22H,2-3,6-8,10-11,21H2,1H3,(H,23,25,26)/t15?,16-,20-/m0/s1. The molecule has 1 saturated heterocycles. The summed E-state index contributed by atoms with van der Waals surface area (Å²) in [6.45, 7) is 3.23. The lowest BCUT2D eigenvalue weighted by atomic mass is 9.95. The Bertz CT molecular complexity index is 808. The maximum absolute atomic E-state index is 12.9. The molecule has 1 unspecified atom stereocenters. The number of carbonyl (C=O) groups is 3. The fourth-order valence-corrected chi connectivity index (χ4v) is 4.43. The van der Waals surface area contributed by atoms with Crippen LogP contribution in [0, 0.1) is 0 Å². The number of rotatable bonds is 4. The zero-order valence-electron chi connectivity index (χ0n) is 15.6. The fourth-order valence-electron chi connectivity index (χ4n) is 4.43. The Morgan fingerprint density at radius 1 is 1.30 bits per heavy atom. The van der Waals surface area contributed by atoms with Crippen LogP contribution in [0.3, 0.4) is 0 Å². The fraction of sp³-hybridized carbons (Fsp3) is 0.550. The predicted molar refractivity (Wildman–Crippen MR) is 99.6 cm³/mol. The molecule has 0 bridgehead atoms. The monoisotopic (exact) mass is 370 g/mol. The lowest BCUT2D eigenvalue weighted by Crippen LogP contribution is -2.52. The molecule has 2 heterocycles. The van der Waals surface area contributed by atoms with Gasteiger partial charge in [0.05, 0.1) is 0 Å². The van der Waals surface area contributed by atoms with Gasteiger partial charge in [-0.25, -0.2) is 0 Å². The summed E-state index contributed by atoms with van der Waals surface area (Å²) in [5, 5.41) is 5.90. The predicted octanol–water partition coefficient (Wildman–Crippen LogP) is 0.807. The maximum atomic E-state index is 12.9. The third-order valence-corrected chi connectivity index (χ3v) is 6.32. The van der Waals surface area contributed by atoms with Crippen LogP contribution < -0.4 is 16.4 Å². The van der Waals surface area contributed by atoms with Crippen LogP contribution in [0.4, 0.5) is 0 Å². The summed E-state index contributed by atoms with van der Waals surface area (Å²) in [5.41, 5.74) is 8.78. The number of fused-ring (bicyclic) bond motifs is 1. The number of nitrogens with one attached hydrogen (secondary N) is 2. The molecule has 3 amide bonds. The first kappa shape index (κ1) is 18.1. The number of piperidine rings is 1. The zero-order valence-corrected chi connectivity index (χ0v) is 15.6. The van der Waals surface area contributed by atoms with Gasteiger partial charge in [-0.3, -0.25) is 19.7 Å². The summed E-state index contributed by atoms with van der Waals surface area (Å²) in [6, 6.07) is 5.49. The average molecular weight is 370 g/mol. The Morgan fingerprint density at radius 2 is 2.11 bits per heavy atom. The molecule has 27 heavy (non-hydrogen) atoms. The second kappa shape index (κ2) is 6.73. The molecule has 7 nitrogen and oxygen atoms in total. The Labute approximate surface area is 158 Å². The van der Waals surface area contributed by atoms with E-state index in [4.69, 9.17) is 5.73 Å². The molecule has 4 rings (SSSR count). The first-order valence-electron chi connectivity index (χ1n) is 9.64. The van der Waals surface area contributed by atoms with Crippen molar-refractivity contribution in [3.63, 3.8) is 0 Å². The number of carbonyl (C=O) groups excluding carboxylic acids is 3. The number of hydrogen-bond donors (Lipinski definition) is 3. The highest BCUT2D eigenvalue weighted by Gasteiger charge is 2.39. The molecule has 4 N–H and O–H groups in total. The summed E-state index contributed by atoms with van der Waals surface area (Å²) in [5.74, 6) is -0.782. The van der Waals surface area contributed by atoms with Gasteiger partial charge in [-0.1, -0.05) is 12.1 Å². The van der Waals surface area contributed by atoms with E-state index in [2.05, 4.69) is 17.6 Å². The van der Waals surface area contributed by atoms with E-state index in [1.807, 2.05) is 18.2 Å². The molecule has 3 atom stereocenters. The van der Waals surface area contributed by atoms with E-state index >= 15 is 0 Å². The number of benzene rings is 1.